The predicted octanol–water partition coefficient (Wildman–Crippen LogP) is 2.80. The lowest BCUT2D eigenvalue weighted by Gasteiger charge is -2.15. The first-order valence-electron chi connectivity index (χ1n) is 5.90. The summed E-state index contributed by atoms with van der Waals surface area (Å²) in [4.78, 5) is 1.24. The molecule has 1 atom stereocenters. The highest BCUT2D eigenvalue weighted by Gasteiger charge is 2.18. The summed E-state index contributed by atoms with van der Waals surface area (Å²) in [5.74, 6) is 0. The molecule has 17 heavy (non-hydrogen) atoms. The van der Waals surface area contributed by atoms with Crippen LogP contribution in [0.4, 0.5) is 0 Å². The van der Waals surface area contributed by atoms with Gasteiger partial charge in [-0.05, 0) is 30.6 Å². The van der Waals surface area contributed by atoms with Crippen molar-refractivity contribution < 1.29 is 0 Å². The minimum Gasteiger partial charge on any atom is -0.309 e. The van der Waals surface area contributed by atoms with Crippen LogP contribution >= 0.6 is 11.5 Å². The summed E-state index contributed by atoms with van der Waals surface area (Å²) in [6.45, 7) is 2.17. The van der Waals surface area contributed by atoms with Crippen molar-refractivity contribution in [3.8, 4) is 0 Å². The number of hydrogen-bond donors (Lipinski definition) is 1. The molecule has 90 valence electrons. The van der Waals surface area contributed by atoms with Crippen LogP contribution in [0.2, 0.25) is 0 Å². The number of rotatable bonds is 5. The van der Waals surface area contributed by atoms with Crippen LogP contribution in [0.1, 0.15) is 35.5 Å². The van der Waals surface area contributed by atoms with Crippen LogP contribution in [0.3, 0.4) is 0 Å². The zero-order valence-electron chi connectivity index (χ0n) is 10.2. The fourth-order valence-electron chi connectivity index (χ4n) is 1.94. The maximum Gasteiger partial charge on any atom is 0.0807 e. The molecule has 0 saturated carbocycles. The van der Waals surface area contributed by atoms with E-state index in [9.17, 15) is 0 Å². The van der Waals surface area contributed by atoms with E-state index in [1.54, 1.807) is 0 Å². The molecule has 0 bridgehead atoms. The normalized spacial score (nSPS) is 12.6. The highest BCUT2D eigenvalue weighted by atomic mass is 32.1. The first kappa shape index (κ1) is 12.2. The molecule has 1 aromatic heterocycles. The van der Waals surface area contributed by atoms with Crippen molar-refractivity contribution in [2.45, 2.75) is 25.8 Å². The van der Waals surface area contributed by atoms with E-state index in [1.807, 2.05) is 13.1 Å². The molecule has 2 aromatic rings. The van der Waals surface area contributed by atoms with E-state index in [4.69, 9.17) is 0 Å². The molecule has 0 spiro atoms. The molecule has 1 unspecified atom stereocenters. The average molecular weight is 247 g/mol. The highest BCUT2D eigenvalue weighted by Crippen LogP contribution is 2.27. The molecule has 0 aliphatic carbocycles. The topological polar surface area (TPSA) is 37.8 Å². The second-order valence-corrected chi connectivity index (χ2v) is 4.75. The quantitative estimate of drug-likeness (QED) is 0.883. The van der Waals surface area contributed by atoms with Gasteiger partial charge in [0.15, 0.2) is 0 Å². The molecule has 0 saturated heterocycles. The summed E-state index contributed by atoms with van der Waals surface area (Å²) in [5.41, 5.74) is 2.39. The highest BCUT2D eigenvalue weighted by molar-refractivity contribution is 7.05. The van der Waals surface area contributed by atoms with E-state index in [2.05, 4.69) is 46.1 Å². The average Bonchev–Trinajstić information content (AvgIpc) is 2.81. The Balaban J connectivity index is 2.32. The summed E-state index contributed by atoms with van der Waals surface area (Å²) in [5, 5.41) is 7.58. The van der Waals surface area contributed by atoms with Gasteiger partial charge in [0, 0.05) is 0 Å². The minimum absolute atomic E-state index is 0.206. The van der Waals surface area contributed by atoms with Gasteiger partial charge < -0.3 is 5.32 Å². The SMILES string of the molecule is CCCc1nnsc1C(NC)c1ccccc1. The smallest absolute Gasteiger partial charge is 0.0807 e. The molecule has 1 N–H and O–H groups in total. The molecule has 0 radical (unpaired) electrons. The lowest BCUT2D eigenvalue weighted by atomic mass is 10.0. The summed E-state index contributed by atoms with van der Waals surface area (Å²) < 4.78 is 4.09. The third-order valence-corrected chi connectivity index (χ3v) is 3.59. The van der Waals surface area contributed by atoms with E-state index in [-0.39, 0.29) is 6.04 Å². The fourth-order valence-corrected chi connectivity index (χ4v) is 2.77. The maximum atomic E-state index is 4.23. The Hall–Kier alpha value is -1.26. The lowest BCUT2D eigenvalue weighted by molar-refractivity contribution is 0.688. The van der Waals surface area contributed by atoms with Crippen LogP contribution in [0.5, 0.6) is 0 Å². The van der Waals surface area contributed by atoms with Gasteiger partial charge in [-0.15, -0.1) is 5.10 Å². The lowest BCUT2D eigenvalue weighted by Crippen LogP contribution is -2.17. The Morgan fingerprint density at radius 2 is 2.06 bits per heavy atom. The minimum atomic E-state index is 0.206. The van der Waals surface area contributed by atoms with Crippen molar-refractivity contribution in [3.05, 3.63) is 46.5 Å². The van der Waals surface area contributed by atoms with Crippen LogP contribution in [0.25, 0.3) is 0 Å². The zero-order chi connectivity index (χ0) is 12.1. The van der Waals surface area contributed by atoms with E-state index in [0.29, 0.717) is 0 Å². The molecule has 0 fully saturated rings. The molecule has 0 aliphatic heterocycles. The standard InChI is InChI=1S/C13H17N3S/c1-3-7-11-13(17-16-15-11)12(14-2)10-8-5-4-6-9-10/h4-6,8-9,12,14H,3,7H2,1-2H3. The van der Waals surface area contributed by atoms with Crippen LogP contribution in [-0.4, -0.2) is 16.6 Å². The van der Waals surface area contributed by atoms with Crippen LogP contribution < -0.4 is 5.32 Å². The number of nitrogens with one attached hydrogen (secondary N) is 1. The first-order valence-corrected chi connectivity index (χ1v) is 6.67. The largest absolute Gasteiger partial charge is 0.309 e. The summed E-state index contributed by atoms with van der Waals surface area (Å²) >= 11 is 1.49. The van der Waals surface area contributed by atoms with E-state index in [1.165, 1.54) is 22.0 Å². The Morgan fingerprint density at radius 3 is 2.71 bits per heavy atom. The van der Waals surface area contributed by atoms with Gasteiger partial charge in [0.1, 0.15) is 0 Å². The molecule has 0 aliphatic rings. The predicted molar refractivity (Wildman–Crippen MR) is 71.2 cm³/mol. The molecule has 0 amide bonds. The monoisotopic (exact) mass is 247 g/mol. The van der Waals surface area contributed by atoms with Crippen LogP contribution in [0.15, 0.2) is 30.3 Å². The van der Waals surface area contributed by atoms with Crippen molar-refractivity contribution in [3.63, 3.8) is 0 Å². The number of aryl methyl sites for hydroxylation is 1. The molecule has 1 aromatic carbocycles. The number of benzene rings is 1. The van der Waals surface area contributed by atoms with Gasteiger partial charge in [-0.1, -0.05) is 48.2 Å². The zero-order valence-corrected chi connectivity index (χ0v) is 11.0. The molecule has 2 rings (SSSR count). The Labute approximate surface area is 106 Å². The van der Waals surface area contributed by atoms with Crippen molar-refractivity contribution >= 4 is 11.5 Å². The van der Waals surface area contributed by atoms with Crippen molar-refractivity contribution in [1.29, 1.82) is 0 Å². The van der Waals surface area contributed by atoms with Crippen LogP contribution in [-0.2, 0) is 6.42 Å². The molecular weight excluding hydrogens is 230 g/mol. The Morgan fingerprint density at radius 1 is 1.29 bits per heavy atom. The van der Waals surface area contributed by atoms with Gasteiger partial charge >= 0.3 is 0 Å². The molecule has 4 heteroatoms. The summed E-state index contributed by atoms with van der Waals surface area (Å²) in [6.07, 6.45) is 2.10. The van der Waals surface area contributed by atoms with Crippen molar-refractivity contribution in [1.82, 2.24) is 14.9 Å². The Bertz CT molecular complexity index is 453. The van der Waals surface area contributed by atoms with Gasteiger partial charge in [-0.2, -0.15) is 0 Å². The van der Waals surface area contributed by atoms with E-state index >= 15 is 0 Å². The first-order chi connectivity index (χ1) is 8.36. The molecule has 1 heterocycles. The van der Waals surface area contributed by atoms with Gasteiger partial charge in [-0.3, -0.25) is 0 Å². The number of aromatic nitrogens is 2. The van der Waals surface area contributed by atoms with Gasteiger partial charge in [0.2, 0.25) is 0 Å². The fraction of sp³-hybridized carbons (Fsp3) is 0.385. The summed E-state index contributed by atoms with van der Waals surface area (Å²) in [7, 11) is 1.98. The second kappa shape index (κ2) is 5.89. The third kappa shape index (κ3) is 2.70. The maximum absolute atomic E-state index is 4.23. The second-order valence-electron chi connectivity index (χ2n) is 3.97. The van der Waals surface area contributed by atoms with E-state index in [0.717, 1.165) is 18.5 Å². The molecular formula is C13H17N3S. The number of nitrogens with zero attached hydrogens (tertiary/aromatic N) is 2. The van der Waals surface area contributed by atoms with Gasteiger partial charge in [-0.25, -0.2) is 0 Å². The van der Waals surface area contributed by atoms with Crippen LogP contribution in [0, 0.1) is 0 Å². The summed E-state index contributed by atoms with van der Waals surface area (Å²) in [6, 6.07) is 10.6. The van der Waals surface area contributed by atoms with Crippen molar-refractivity contribution in [2.75, 3.05) is 7.05 Å². The van der Waals surface area contributed by atoms with E-state index < -0.39 is 0 Å². The molecule has 3 nitrogen and oxygen atoms in total. The third-order valence-electron chi connectivity index (χ3n) is 2.76. The Kier molecular flexibility index (Phi) is 4.23. The van der Waals surface area contributed by atoms with Crippen molar-refractivity contribution in [2.24, 2.45) is 0 Å². The van der Waals surface area contributed by atoms with Gasteiger partial charge in [0.25, 0.3) is 0 Å². The van der Waals surface area contributed by atoms with Gasteiger partial charge in [0.05, 0.1) is 16.6 Å². The number of hydrogen-bond acceptors (Lipinski definition) is 4.